The summed E-state index contributed by atoms with van der Waals surface area (Å²) in [6.07, 6.45) is 1.41. The van der Waals surface area contributed by atoms with Gasteiger partial charge in [0, 0.05) is 23.4 Å². The van der Waals surface area contributed by atoms with Crippen molar-refractivity contribution in [2.75, 3.05) is 0 Å². The van der Waals surface area contributed by atoms with Gasteiger partial charge in [-0.1, -0.05) is 30.3 Å². The number of aryl methyl sites for hydroxylation is 1. The highest BCUT2D eigenvalue weighted by Crippen LogP contribution is 2.39. The molecular formula is C17H17F2NO. The Hall–Kier alpha value is -1.81. The summed E-state index contributed by atoms with van der Waals surface area (Å²) in [7, 11) is 0. The van der Waals surface area contributed by atoms with Gasteiger partial charge in [-0.15, -0.1) is 0 Å². The second-order valence-electron chi connectivity index (χ2n) is 5.46. The Morgan fingerprint density at radius 3 is 2.52 bits per heavy atom. The predicted molar refractivity (Wildman–Crippen MR) is 76.3 cm³/mol. The third-order valence-corrected chi connectivity index (χ3v) is 4.15. The van der Waals surface area contributed by atoms with E-state index < -0.39 is 12.5 Å². The molecule has 2 atom stereocenters. The van der Waals surface area contributed by atoms with Crippen molar-refractivity contribution >= 4 is 0 Å². The molecule has 0 radical (unpaired) electrons. The fraction of sp³-hybridized carbons (Fsp3) is 0.353. The van der Waals surface area contributed by atoms with E-state index in [-0.39, 0.29) is 11.5 Å². The van der Waals surface area contributed by atoms with Crippen LogP contribution in [0.1, 0.15) is 53.7 Å². The van der Waals surface area contributed by atoms with Gasteiger partial charge >= 0.3 is 0 Å². The number of nitrogens with zero attached hydrogens (tertiary/aromatic N) is 1. The van der Waals surface area contributed by atoms with E-state index in [1.807, 2.05) is 12.1 Å². The Morgan fingerprint density at radius 2 is 1.81 bits per heavy atom. The molecule has 2 unspecified atom stereocenters. The van der Waals surface area contributed by atoms with Crippen molar-refractivity contribution in [3.05, 3.63) is 65.0 Å². The van der Waals surface area contributed by atoms with Crippen LogP contribution in [-0.2, 0) is 6.42 Å². The lowest BCUT2D eigenvalue weighted by Crippen LogP contribution is -2.18. The molecule has 1 aliphatic carbocycles. The molecule has 0 saturated carbocycles. The summed E-state index contributed by atoms with van der Waals surface area (Å²) in [4.78, 5) is 4.41. The van der Waals surface area contributed by atoms with Gasteiger partial charge in [-0.3, -0.25) is 4.98 Å². The molecule has 1 aliphatic rings. The van der Waals surface area contributed by atoms with Crippen LogP contribution in [-0.4, -0.2) is 10.1 Å². The normalized spacial score (nSPS) is 19.3. The number of fused-ring (bicyclic) bond motifs is 1. The number of aromatic nitrogens is 1. The van der Waals surface area contributed by atoms with Crippen molar-refractivity contribution in [2.45, 2.75) is 37.7 Å². The van der Waals surface area contributed by atoms with E-state index in [0.717, 1.165) is 25.0 Å². The first-order valence-electron chi connectivity index (χ1n) is 7.16. The van der Waals surface area contributed by atoms with Crippen molar-refractivity contribution in [3.8, 4) is 0 Å². The number of benzene rings is 1. The predicted octanol–water partition coefficient (Wildman–Crippen LogP) is 4.17. The zero-order valence-corrected chi connectivity index (χ0v) is 11.5. The van der Waals surface area contributed by atoms with Gasteiger partial charge in [-0.2, -0.15) is 0 Å². The molecule has 1 aromatic heterocycles. The van der Waals surface area contributed by atoms with Crippen molar-refractivity contribution in [1.29, 1.82) is 0 Å². The summed E-state index contributed by atoms with van der Waals surface area (Å²) in [5.41, 5.74) is 2.77. The first-order chi connectivity index (χ1) is 10.2. The molecule has 21 heavy (non-hydrogen) atoms. The largest absolute Gasteiger partial charge is 0.388 e. The van der Waals surface area contributed by atoms with Crippen LogP contribution in [0.4, 0.5) is 8.78 Å². The van der Waals surface area contributed by atoms with Gasteiger partial charge < -0.3 is 5.11 Å². The average Bonchev–Trinajstić information content (AvgIpc) is 2.53. The summed E-state index contributed by atoms with van der Waals surface area (Å²) in [6.45, 7) is 0. The van der Waals surface area contributed by atoms with Crippen LogP contribution >= 0.6 is 0 Å². The van der Waals surface area contributed by atoms with Crippen LogP contribution in [0.25, 0.3) is 0 Å². The average molecular weight is 289 g/mol. The van der Waals surface area contributed by atoms with E-state index in [2.05, 4.69) is 4.98 Å². The summed E-state index contributed by atoms with van der Waals surface area (Å²) in [6, 6.07) is 9.88. The maximum Gasteiger partial charge on any atom is 0.263 e. The van der Waals surface area contributed by atoms with E-state index >= 15 is 0 Å². The van der Waals surface area contributed by atoms with Gasteiger partial charge in [0.2, 0.25) is 0 Å². The Kier molecular flexibility index (Phi) is 3.97. The molecule has 4 heteroatoms. The Labute approximate surface area is 122 Å². The molecule has 0 fully saturated rings. The number of halogens is 2. The van der Waals surface area contributed by atoms with Crippen LogP contribution in [0, 0.1) is 0 Å². The van der Waals surface area contributed by atoms with E-state index in [0.29, 0.717) is 5.56 Å². The monoisotopic (exact) mass is 289 g/mol. The third kappa shape index (κ3) is 2.81. The SMILES string of the molecule is OC(c1ccc(C(F)F)cc1)C1CCCc2cccnc21. The molecule has 0 amide bonds. The van der Waals surface area contributed by atoms with E-state index in [1.54, 1.807) is 18.3 Å². The minimum absolute atomic E-state index is 0.0203. The van der Waals surface area contributed by atoms with Crippen molar-refractivity contribution in [1.82, 2.24) is 4.98 Å². The molecule has 0 saturated heterocycles. The summed E-state index contributed by atoms with van der Waals surface area (Å²) in [5.74, 6) is -0.0626. The third-order valence-electron chi connectivity index (χ3n) is 4.15. The minimum atomic E-state index is -2.48. The molecule has 1 aromatic carbocycles. The van der Waals surface area contributed by atoms with E-state index in [9.17, 15) is 13.9 Å². The smallest absolute Gasteiger partial charge is 0.263 e. The standard InChI is InChI=1S/C17H17F2NO/c18-17(19)13-8-6-12(7-9-13)16(21)14-5-1-3-11-4-2-10-20-15(11)14/h2,4,6-10,14,16-17,21H,1,3,5H2. The Morgan fingerprint density at radius 1 is 1.10 bits per heavy atom. The molecule has 3 rings (SSSR count). The molecule has 2 nitrogen and oxygen atoms in total. The fourth-order valence-electron chi connectivity index (χ4n) is 3.02. The lowest BCUT2D eigenvalue weighted by Gasteiger charge is -2.28. The summed E-state index contributed by atoms with van der Waals surface area (Å²) >= 11 is 0. The maximum absolute atomic E-state index is 12.6. The number of aliphatic hydroxyl groups is 1. The lowest BCUT2D eigenvalue weighted by atomic mass is 9.81. The number of rotatable bonds is 3. The Balaban J connectivity index is 1.87. The highest BCUT2D eigenvalue weighted by Gasteiger charge is 2.28. The molecule has 1 heterocycles. The van der Waals surface area contributed by atoms with Crippen LogP contribution in [0.2, 0.25) is 0 Å². The fourth-order valence-corrected chi connectivity index (χ4v) is 3.02. The van der Waals surface area contributed by atoms with Gasteiger partial charge in [0.15, 0.2) is 0 Å². The number of hydrogen-bond acceptors (Lipinski definition) is 2. The zero-order valence-electron chi connectivity index (χ0n) is 11.5. The summed E-state index contributed by atoms with van der Waals surface area (Å²) < 4.78 is 25.2. The van der Waals surface area contributed by atoms with Gasteiger partial charge in [0.05, 0.1) is 6.10 Å². The molecule has 0 spiro atoms. The van der Waals surface area contributed by atoms with Crippen LogP contribution in [0.3, 0.4) is 0 Å². The number of hydrogen-bond donors (Lipinski definition) is 1. The quantitative estimate of drug-likeness (QED) is 0.919. The van der Waals surface area contributed by atoms with Crippen LogP contribution < -0.4 is 0 Å². The van der Waals surface area contributed by atoms with Gasteiger partial charge in [0.25, 0.3) is 6.43 Å². The van der Waals surface area contributed by atoms with Crippen molar-refractivity contribution in [2.24, 2.45) is 0 Å². The first kappa shape index (κ1) is 14.1. The van der Waals surface area contributed by atoms with Gasteiger partial charge in [-0.05, 0) is 36.5 Å². The van der Waals surface area contributed by atoms with E-state index in [4.69, 9.17) is 0 Å². The lowest BCUT2D eigenvalue weighted by molar-refractivity contribution is 0.133. The molecule has 110 valence electrons. The second-order valence-corrected chi connectivity index (χ2v) is 5.46. The van der Waals surface area contributed by atoms with Crippen molar-refractivity contribution in [3.63, 3.8) is 0 Å². The van der Waals surface area contributed by atoms with Gasteiger partial charge in [0.1, 0.15) is 0 Å². The van der Waals surface area contributed by atoms with Crippen LogP contribution in [0.5, 0.6) is 0 Å². The number of alkyl halides is 2. The van der Waals surface area contributed by atoms with Crippen molar-refractivity contribution < 1.29 is 13.9 Å². The highest BCUT2D eigenvalue weighted by molar-refractivity contribution is 5.32. The number of pyridine rings is 1. The highest BCUT2D eigenvalue weighted by atomic mass is 19.3. The molecule has 2 aromatic rings. The molecular weight excluding hydrogens is 272 g/mol. The zero-order chi connectivity index (χ0) is 14.8. The second kappa shape index (κ2) is 5.90. The molecule has 0 aliphatic heterocycles. The van der Waals surface area contributed by atoms with E-state index in [1.165, 1.54) is 17.7 Å². The first-order valence-corrected chi connectivity index (χ1v) is 7.16. The Bertz CT molecular complexity index is 612. The molecule has 1 N–H and O–H groups in total. The van der Waals surface area contributed by atoms with Gasteiger partial charge in [-0.25, -0.2) is 8.78 Å². The number of aliphatic hydroxyl groups excluding tert-OH is 1. The minimum Gasteiger partial charge on any atom is -0.388 e. The van der Waals surface area contributed by atoms with Crippen LogP contribution in [0.15, 0.2) is 42.6 Å². The topological polar surface area (TPSA) is 33.1 Å². The maximum atomic E-state index is 12.6. The molecule has 0 bridgehead atoms. The summed E-state index contributed by atoms with van der Waals surface area (Å²) in [5, 5.41) is 10.6.